The molecule has 2 aliphatic heterocycles. The average molecular weight is 347 g/mol. The molecule has 2 fully saturated rings. The van der Waals surface area contributed by atoms with Crippen LogP contribution in [0.5, 0.6) is 0 Å². The number of hydrogen-bond acceptors (Lipinski definition) is 5. The van der Waals surface area contributed by atoms with Crippen LogP contribution in [-0.4, -0.2) is 61.0 Å². The Balaban J connectivity index is 2.03. The van der Waals surface area contributed by atoms with Gasteiger partial charge in [-0.05, 0) is 38.3 Å². The Morgan fingerprint density at radius 1 is 1.18 bits per heavy atom. The zero-order valence-electron chi connectivity index (χ0n) is 12.4. The molecule has 0 aromatic heterocycles. The number of hydrogen-bond donors (Lipinski definition) is 6. The van der Waals surface area contributed by atoms with Crippen LogP contribution < -0.4 is 21.8 Å². The third-order valence-corrected chi connectivity index (χ3v) is 3.95. The SMILES string of the molecule is CC1CC(O)N(/N=C(/N)NN2C(=S)NC(C)CC2O)C(=S)N1. The summed E-state index contributed by atoms with van der Waals surface area (Å²) in [6, 6.07) is 0.131. The van der Waals surface area contributed by atoms with Gasteiger partial charge in [-0.2, -0.15) is 0 Å². The fourth-order valence-electron chi connectivity index (χ4n) is 2.28. The van der Waals surface area contributed by atoms with Crippen LogP contribution in [0.1, 0.15) is 26.7 Å². The van der Waals surface area contributed by atoms with Crippen LogP contribution in [0.4, 0.5) is 0 Å². The monoisotopic (exact) mass is 347 g/mol. The van der Waals surface area contributed by atoms with Gasteiger partial charge in [0, 0.05) is 24.9 Å². The van der Waals surface area contributed by atoms with E-state index in [9.17, 15) is 10.2 Å². The lowest BCUT2D eigenvalue weighted by Crippen LogP contribution is -2.63. The van der Waals surface area contributed by atoms with E-state index in [0.717, 1.165) is 0 Å². The summed E-state index contributed by atoms with van der Waals surface area (Å²) in [4.78, 5) is 0. The molecule has 2 aliphatic rings. The van der Waals surface area contributed by atoms with Crippen LogP contribution in [-0.2, 0) is 0 Å². The zero-order chi connectivity index (χ0) is 16.4. The van der Waals surface area contributed by atoms with E-state index in [-0.39, 0.29) is 23.2 Å². The fourth-order valence-corrected chi connectivity index (χ4v) is 3.01. The Hall–Kier alpha value is -1.43. The molecule has 0 radical (unpaired) electrons. The van der Waals surface area contributed by atoms with E-state index in [4.69, 9.17) is 30.2 Å². The highest BCUT2D eigenvalue weighted by Gasteiger charge is 2.30. The molecule has 124 valence electrons. The Labute approximate surface area is 139 Å². The number of rotatable bonds is 2. The zero-order valence-corrected chi connectivity index (χ0v) is 14.0. The summed E-state index contributed by atoms with van der Waals surface area (Å²) in [6.07, 6.45) is -0.750. The minimum Gasteiger partial charge on any atom is -0.372 e. The molecule has 0 aliphatic carbocycles. The largest absolute Gasteiger partial charge is 0.372 e. The maximum Gasteiger partial charge on any atom is 0.230 e. The predicted molar refractivity (Wildman–Crippen MR) is 90.1 cm³/mol. The maximum atomic E-state index is 10.0. The molecule has 0 amide bonds. The van der Waals surface area contributed by atoms with Crippen molar-refractivity contribution in [2.75, 3.05) is 0 Å². The van der Waals surface area contributed by atoms with Gasteiger partial charge in [-0.1, -0.05) is 0 Å². The Morgan fingerprint density at radius 3 is 2.27 bits per heavy atom. The number of thiocarbonyl (C=S) groups is 2. The molecule has 11 heteroatoms. The first-order chi connectivity index (χ1) is 10.3. The number of nitrogens with two attached hydrogens (primary N) is 1. The van der Waals surface area contributed by atoms with Crippen LogP contribution in [0.3, 0.4) is 0 Å². The summed E-state index contributed by atoms with van der Waals surface area (Å²) in [5, 5.41) is 33.2. The summed E-state index contributed by atoms with van der Waals surface area (Å²) < 4.78 is 0. The van der Waals surface area contributed by atoms with Crippen LogP contribution in [0.15, 0.2) is 5.10 Å². The standard InChI is InChI=1S/C11H21N7O2S2/c1-5-3-7(19)17(10(21)13-5)15-9(12)16-18-8(20)4-6(2)14-11(18)22/h5-8,19-20H,3-4H2,1-2H3,(H,13,21)(H,14,22)(H3,12,15,16). The molecule has 0 aromatic rings. The molecule has 0 bridgehead atoms. The van der Waals surface area contributed by atoms with E-state index in [1.54, 1.807) is 0 Å². The van der Waals surface area contributed by atoms with Gasteiger partial charge in [0.15, 0.2) is 16.5 Å². The van der Waals surface area contributed by atoms with E-state index in [1.165, 1.54) is 10.0 Å². The molecule has 9 nitrogen and oxygen atoms in total. The number of hydrazine groups is 1. The number of hydrazone groups is 1. The molecule has 2 rings (SSSR count). The van der Waals surface area contributed by atoms with Crippen molar-refractivity contribution in [2.45, 2.75) is 51.2 Å². The van der Waals surface area contributed by atoms with E-state index >= 15 is 0 Å². The molecular weight excluding hydrogens is 326 g/mol. The molecule has 2 heterocycles. The average Bonchev–Trinajstić information content (AvgIpc) is 2.38. The third kappa shape index (κ3) is 3.85. The topological polar surface area (TPSA) is 121 Å². The number of guanidine groups is 1. The predicted octanol–water partition coefficient (Wildman–Crippen LogP) is -1.71. The molecular formula is C11H21N7O2S2. The van der Waals surface area contributed by atoms with Crippen molar-refractivity contribution in [1.82, 2.24) is 26.1 Å². The van der Waals surface area contributed by atoms with E-state index in [2.05, 4.69) is 21.2 Å². The Kier molecular flexibility index (Phi) is 5.21. The summed E-state index contributed by atoms with van der Waals surface area (Å²) >= 11 is 10.3. The molecule has 2 saturated heterocycles. The summed E-state index contributed by atoms with van der Waals surface area (Å²) in [5.74, 6) is -0.0458. The highest BCUT2D eigenvalue weighted by atomic mass is 32.1. The first-order valence-corrected chi connectivity index (χ1v) is 7.76. The summed E-state index contributed by atoms with van der Waals surface area (Å²) in [7, 11) is 0. The highest BCUT2D eigenvalue weighted by molar-refractivity contribution is 7.80. The minimum absolute atomic E-state index is 0.0458. The number of aliphatic hydroxyl groups is 2. The van der Waals surface area contributed by atoms with Gasteiger partial charge in [0.1, 0.15) is 6.23 Å². The second-order valence-corrected chi connectivity index (χ2v) is 6.22. The Bertz CT molecular complexity index is 489. The van der Waals surface area contributed by atoms with Crippen molar-refractivity contribution >= 4 is 40.6 Å². The molecule has 0 saturated carbocycles. The van der Waals surface area contributed by atoms with Gasteiger partial charge < -0.3 is 26.6 Å². The van der Waals surface area contributed by atoms with E-state index in [1.807, 2.05) is 13.8 Å². The van der Waals surface area contributed by atoms with Crippen molar-refractivity contribution < 1.29 is 10.2 Å². The lowest BCUT2D eigenvalue weighted by Gasteiger charge is -2.38. The lowest BCUT2D eigenvalue weighted by molar-refractivity contribution is 0.00761. The van der Waals surface area contributed by atoms with Crippen molar-refractivity contribution in [2.24, 2.45) is 10.8 Å². The highest BCUT2D eigenvalue weighted by Crippen LogP contribution is 2.13. The molecule has 7 N–H and O–H groups in total. The van der Waals surface area contributed by atoms with E-state index in [0.29, 0.717) is 18.0 Å². The Morgan fingerprint density at radius 2 is 1.73 bits per heavy atom. The number of nitrogens with one attached hydrogen (secondary N) is 3. The second kappa shape index (κ2) is 6.77. The lowest BCUT2D eigenvalue weighted by atomic mass is 10.2. The van der Waals surface area contributed by atoms with E-state index < -0.39 is 12.5 Å². The normalized spacial score (nSPS) is 33.4. The first kappa shape index (κ1) is 16.9. The van der Waals surface area contributed by atoms with Crippen molar-refractivity contribution in [3.8, 4) is 0 Å². The van der Waals surface area contributed by atoms with Crippen molar-refractivity contribution in [3.05, 3.63) is 0 Å². The molecule has 0 spiro atoms. The van der Waals surface area contributed by atoms with Crippen LogP contribution in [0.25, 0.3) is 0 Å². The van der Waals surface area contributed by atoms with Gasteiger partial charge in [-0.25, -0.2) is 10.0 Å². The smallest absolute Gasteiger partial charge is 0.230 e. The molecule has 0 aromatic carbocycles. The molecule has 4 unspecified atom stereocenters. The van der Waals surface area contributed by atoms with Gasteiger partial charge in [-0.15, -0.1) is 5.10 Å². The quantitative estimate of drug-likeness (QED) is 0.196. The van der Waals surface area contributed by atoms with Gasteiger partial charge >= 0.3 is 0 Å². The van der Waals surface area contributed by atoms with Crippen molar-refractivity contribution in [3.63, 3.8) is 0 Å². The number of nitrogens with zero attached hydrogens (tertiary/aromatic N) is 3. The third-order valence-electron chi connectivity index (χ3n) is 3.33. The van der Waals surface area contributed by atoms with Gasteiger partial charge in [0.2, 0.25) is 5.96 Å². The van der Waals surface area contributed by atoms with Gasteiger partial charge in [0.05, 0.1) is 0 Å². The van der Waals surface area contributed by atoms with Crippen LogP contribution in [0.2, 0.25) is 0 Å². The summed E-state index contributed by atoms with van der Waals surface area (Å²) in [5.41, 5.74) is 8.52. The van der Waals surface area contributed by atoms with Crippen LogP contribution >= 0.6 is 24.4 Å². The van der Waals surface area contributed by atoms with Gasteiger partial charge in [0.25, 0.3) is 0 Å². The first-order valence-electron chi connectivity index (χ1n) is 6.94. The summed E-state index contributed by atoms with van der Waals surface area (Å²) in [6.45, 7) is 3.83. The molecule has 4 atom stereocenters. The van der Waals surface area contributed by atoms with Crippen molar-refractivity contribution in [1.29, 1.82) is 0 Å². The fraction of sp³-hybridized carbons (Fsp3) is 0.727. The van der Waals surface area contributed by atoms with Crippen LogP contribution in [0, 0.1) is 0 Å². The second-order valence-electron chi connectivity index (χ2n) is 5.45. The maximum absolute atomic E-state index is 10.0. The minimum atomic E-state index is -0.861. The van der Waals surface area contributed by atoms with Gasteiger partial charge in [-0.3, -0.25) is 5.43 Å². The number of aliphatic hydroxyl groups excluding tert-OH is 2. The molecule has 22 heavy (non-hydrogen) atoms.